The van der Waals surface area contributed by atoms with Gasteiger partial charge in [-0.15, -0.1) is 0 Å². The number of ether oxygens (including phenoxy) is 1. The first-order valence-electron chi connectivity index (χ1n) is 12.5. The molecule has 0 aliphatic carbocycles. The molecule has 1 aromatic heterocycles. The Balaban J connectivity index is 2.05. The molecule has 2 amide bonds. The van der Waals surface area contributed by atoms with Gasteiger partial charge < -0.3 is 9.64 Å². The first-order chi connectivity index (χ1) is 19.5. The van der Waals surface area contributed by atoms with E-state index < -0.39 is 52.8 Å². The zero-order chi connectivity index (χ0) is 31.4. The molecule has 0 radical (unpaired) electrons. The summed E-state index contributed by atoms with van der Waals surface area (Å²) >= 11 is 0. The second-order valence-electron chi connectivity index (χ2n) is 9.48. The van der Waals surface area contributed by atoms with Crippen LogP contribution in [-0.4, -0.2) is 58.5 Å². The number of carbonyl (C=O) groups is 2. The van der Waals surface area contributed by atoms with Crippen LogP contribution in [0.2, 0.25) is 0 Å². The average Bonchev–Trinajstić information content (AvgIpc) is 3.29. The van der Waals surface area contributed by atoms with Crippen LogP contribution < -0.4 is 10.6 Å². The van der Waals surface area contributed by atoms with E-state index in [4.69, 9.17) is 4.74 Å². The number of aromatic nitrogens is 2. The van der Waals surface area contributed by atoms with Gasteiger partial charge in [-0.3, -0.25) is 18.8 Å². The van der Waals surface area contributed by atoms with Crippen molar-refractivity contribution in [2.24, 2.45) is 0 Å². The summed E-state index contributed by atoms with van der Waals surface area (Å²) in [5.74, 6) is -0.742. The first-order valence-corrected chi connectivity index (χ1v) is 12.5. The van der Waals surface area contributed by atoms with Gasteiger partial charge in [0.05, 0.1) is 11.3 Å². The van der Waals surface area contributed by atoms with Gasteiger partial charge in [-0.25, -0.2) is 14.0 Å². The van der Waals surface area contributed by atoms with E-state index in [1.54, 1.807) is 4.90 Å². The van der Waals surface area contributed by atoms with E-state index in [1.807, 2.05) is 0 Å². The second-order valence-corrected chi connectivity index (χ2v) is 9.48. The highest BCUT2D eigenvalue weighted by atomic mass is 19.4. The number of rotatable bonds is 6. The highest BCUT2D eigenvalue weighted by molar-refractivity contribution is 5.87. The molecule has 0 N–H and O–H groups in total. The zero-order valence-corrected chi connectivity index (χ0v) is 22.7. The summed E-state index contributed by atoms with van der Waals surface area (Å²) in [7, 11) is 1.23. The molecule has 0 atom stereocenters. The van der Waals surface area contributed by atoms with Gasteiger partial charge in [0.1, 0.15) is 12.1 Å². The predicted octanol–water partition coefficient (Wildman–Crippen LogP) is 6.04. The van der Waals surface area contributed by atoms with E-state index in [9.17, 15) is 45.1 Å². The molecular weight excluding hydrogens is 577 g/mol. The molecule has 3 rings (SSSR count). The van der Waals surface area contributed by atoms with E-state index >= 15 is 0 Å². The van der Waals surface area contributed by atoms with Crippen molar-refractivity contribution in [3.8, 4) is 0 Å². The standard InChI is InChI=1S/C27H27F7N4O4/c1-17(26(29,30)31)14-19(27(32,33)34)15-23(16-42-25(41)35(3)21-6-4-20(28)5-7-21)38-13-12-37(24(38)40)22-8-10-36(11-9-22)18(2)39/h4-7,12-16,22H,8-11H2,1-3H3/b17-14+,19-15+,23-16-. The van der Waals surface area contributed by atoms with Crippen molar-refractivity contribution < 1.29 is 45.1 Å². The largest absolute Gasteiger partial charge is 0.418 e. The SMILES string of the molecule is CC(=O)N1CCC(n2ccn(C(=C\OC(=O)N(C)c3ccc(F)cc3)/C=C(\C=C(/C)C(F)(F)F)C(F)(F)F)c2=O)CC1. The van der Waals surface area contributed by atoms with Gasteiger partial charge in [-0.05, 0) is 56.2 Å². The summed E-state index contributed by atoms with van der Waals surface area (Å²) in [4.78, 5) is 40.0. The number of nitrogens with zero attached hydrogens (tertiary/aromatic N) is 4. The lowest BCUT2D eigenvalue weighted by Gasteiger charge is -2.31. The molecule has 0 spiro atoms. The Morgan fingerprint density at radius 3 is 2.07 bits per heavy atom. The number of hydrogen-bond donors (Lipinski definition) is 0. The number of anilines is 1. The third kappa shape index (κ3) is 7.91. The van der Waals surface area contributed by atoms with Gasteiger partial charge in [0.15, 0.2) is 0 Å². The lowest BCUT2D eigenvalue weighted by molar-refractivity contribution is -0.130. The number of piperidine rings is 1. The normalized spacial score (nSPS) is 16.0. The maximum atomic E-state index is 13.8. The summed E-state index contributed by atoms with van der Waals surface area (Å²) in [5.41, 5.74) is -4.70. The van der Waals surface area contributed by atoms with Crippen LogP contribution in [0, 0.1) is 5.82 Å². The first kappa shape index (κ1) is 32.2. The van der Waals surface area contributed by atoms with Crippen molar-refractivity contribution in [2.75, 3.05) is 25.0 Å². The Morgan fingerprint density at radius 1 is 0.952 bits per heavy atom. The minimum Gasteiger partial charge on any atom is -0.416 e. The lowest BCUT2D eigenvalue weighted by Crippen LogP contribution is -2.39. The number of likely N-dealkylation sites (tertiary alicyclic amines) is 1. The fraction of sp³-hybridized carbons (Fsp3) is 0.370. The van der Waals surface area contributed by atoms with Crippen LogP contribution >= 0.6 is 0 Å². The monoisotopic (exact) mass is 604 g/mol. The molecule has 1 aliphatic heterocycles. The highest BCUT2D eigenvalue weighted by Crippen LogP contribution is 2.33. The molecule has 0 bridgehead atoms. The quantitative estimate of drug-likeness (QED) is 0.229. The number of allylic oxidation sites excluding steroid dienone is 5. The molecule has 2 heterocycles. The number of amides is 2. The summed E-state index contributed by atoms with van der Waals surface area (Å²) in [6.45, 7) is 2.53. The predicted molar refractivity (Wildman–Crippen MR) is 139 cm³/mol. The number of hydrogen-bond acceptors (Lipinski definition) is 4. The van der Waals surface area contributed by atoms with E-state index in [0.717, 1.165) is 23.2 Å². The third-order valence-electron chi connectivity index (χ3n) is 6.60. The Bertz CT molecular complexity index is 1440. The van der Waals surface area contributed by atoms with Crippen LogP contribution in [0.4, 0.5) is 41.2 Å². The van der Waals surface area contributed by atoms with Crippen LogP contribution in [0.25, 0.3) is 5.70 Å². The van der Waals surface area contributed by atoms with Crippen molar-refractivity contribution >= 4 is 23.4 Å². The number of carbonyl (C=O) groups excluding carboxylic acids is 2. The van der Waals surface area contributed by atoms with Crippen LogP contribution in [0.3, 0.4) is 0 Å². The van der Waals surface area contributed by atoms with Crippen molar-refractivity contribution in [3.05, 3.63) is 82.5 Å². The lowest BCUT2D eigenvalue weighted by atomic mass is 10.1. The zero-order valence-electron chi connectivity index (χ0n) is 22.7. The fourth-order valence-electron chi connectivity index (χ4n) is 4.12. The molecule has 1 fully saturated rings. The van der Waals surface area contributed by atoms with Crippen molar-refractivity contribution in [1.29, 1.82) is 0 Å². The van der Waals surface area contributed by atoms with E-state index in [1.165, 1.54) is 36.9 Å². The number of benzene rings is 1. The summed E-state index contributed by atoms with van der Waals surface area (Å²) < 4.78 is 101. The summed E-state index contributed by atoms with van der Waals surface area (Å²) in [6, 6.07) is 4.15. The fourth-order valence-corrected chi connectivity index (χ4v) is 4.12. The molecule has 1 saturated heterocycles. The van der Waals surface area contributed by atoms with Crippen molar-refractivity contribution in [3.63, 3.8) is 0 Å². The molecule has 0 saturated carbocycles. The van der Waals surface area contributed by atoms with Crippen LogP contribution in [0.5, 0.6) is 0 Å². The topological polar surface area (TPSA) is 76.8 Å². The molecule has 8 nitrogen and oxygen atoms in total. The molecule has 42 heavy (non-hydrogen) atoms. The maximum absolute atomic E-state index is 13.8. The molecule has 0 unspecified atom stereocenters. The van der Waals surface area contributed by atoms with Gasteiger partial charge in [0.25, 0.3) is 0 Å². The van der Waals surface area contributed by atoms with Gasteiger partial charge in [-0.2, -0.15) is 26.3 Å². The van der Waals surface area contributed by atoms with Crippen molar-refractivity contribution in [1.82, 2.24) is 14.0 Å². The smallest absolute Gasteiger partial charge is 0.416 e. The Labute approximate surface area is 235 Å². The van der Waals surface area contributed by atoms with Crippen LogP contribution in [0.15, 0.2) is 71.0 Å². The van der Waals surface area contributed by atoms with Gasteiger partial charge in [0, 0.05) is 56.8 Å². The number of halogens is 7. The summed E-state index contributed by atoms with van der Waals surface area (Å²) in [5, 5.41) is 0. The van der Waals surface area contributed by atoms with Crippen molar-refractivity contribution in [2.45, 2.75) is 45.1 Å². The molecule has 15 heteroatoms. The molecule has 2 aromatic rings. The highest BCUT2D eigenvalue weighted by Gasteiger charge is 2.37. The Kier molecular flexibility index (Phi) is 9.74. The van der Waals surface area contributed by atoms with E-state index in [0.29, 0.717) is 43.7 Å². The third-order valence-corrected chi connectivity index (χ3v) is 6.60. The van der Waals surface area contributed by atoms with Crippen LogP contribution in [-0.2, 0) is 9.53 Å². The maximum Gasteiger partial charge on any atom is 0.418 e. The second kappa shape index (κ2) is 12.7. The molecular formula is C27H27F7N4O4. The number of alkyl halides is 6. The minimum atomic E-state index is -5.29. The Morgan fingerprint density at radius 2 is 1.55 bits per heavy atom. The number of imidazole rings is 1. The van der Waals surface area contributed by atoms with Gasteiger partial charge >= 0.3 is 24.1 Å². The molecule has 228 valence electrons. The van der Waals surface area contributed by atoms with E-state index in [-0.39, 0.29) is 23.7 Å². The van der Waals surface area contributed by atoms with Gasteiger partial charge in [0.2, 0.25) is 5.91 Å². The van der Waals surface area contributed by atoms with Crippen LogP contribution in [0.1, 0.15) is 32.7 Å². The van der Waals surface area contributed by atoms with Gasteiger partial charge in [-0.1, -0.05) is 0 Å². The molecule has 1 aliphatic rings. The van der Waals surface area contributed by atoms with E-state index in [2.05, 4.69) is 0 Å². The average molecular weight is 605 g/mol. The molecule has 1 aromatic carbocycles. The Hall–Kier alpha value is -4.30. The minimum absolute atomic E-state index is 0.125. The summed E-state index contributed by atoms with van der Waals surface area (Å²) in [6.07, 6.45) is -7.73.